The number of ether oxygens (including phenoxy) is 2. The number of benzene rings is 1. The van der Waals surface area contributed by atoms with Crippen LogP contribution in [0, 0.1) is 12.8 Å². The van der Waals surface area contributed by atoms with Crippen molar-refractivity contribution in [3.63, 3.8) is 0 Å². The third-order valence-electron chi connectivity index (χ3n) is 8.19. The molecule has 1 aliphatic carbocycles. The lowest BCUT2D eigenvalue weighted by molar-refractivity contribution is -0.0533. The van der Waals surface area contributed by atoms with Crippen LogP contribution in [0.4, 0.5) is 5.82 Å². The maximum absolute atomic E-state index is 13.3. The van der Waals surface area contributed by atoms with Crippen molar-refractivity contribution in [3.05, 3.63) is 53.5 Å². The number of hydrogen-bond acceptors (Lipinski definition) is 7. The summed E-state index contributed by atoms with van der Waals surface area (Å²) < 4.78 is 11.1. The van der Waals surface area contributed by atoms with Crippen LogP contribution >= 0.6 is 0 Å². The maximum Gasteiger partial charge on any atom is 0.272 e. The first-order valence-electron chi connectivity index (χ1n) is 13.4. The number of carbonyl (C=O) groups is 1. The van der Waals surface area contributed by atoms with Gasteiger partial charge in [0.2, 0.25) is 0 Å². The molecule has 3 heterocycles. The second-order valence-corrected chi connectivity index (χ2v) is 10.5. The molecule has 2 aliphatic heterocycles. The number of carbonyl (C=O) groups excluding carboxylic acids is 1. The molecule has 2 saturated heterocycles. The number of nitrogens with zero attached hydrogens (tertiary/aromatic N) is 3. The van der Waals surface area contributed by atoms with Gasteiger partial charge in [-0.15, -0.1) is 0 Å². The zero-order valence-corrected chi connectivity index (χ0v) is 21.5. The molecule has 2 atom stereocenters. The summed E-state index contributed by atoms with van der Waals surface area (Å²) in [5, 5.41) is 7.25. The van der Waals surface area contributed by atoms with Gasteiger partial charge < -0.3 is 25.0 Å². The van der Waals surface area contributed by atoms with E-state index in [0.29, 0.717) is 36.2 Å². The van der Waals surface area contributed by atoms with E-state index in [-0.39, 0.29) is 12.0 Å². The van der Waals surface area contributed by atoms with Gasteiger partial charge in [-0.1, -0.05) is 30.3 Å². The van der Waals surface area contributed by atoms with E-state index in [1.54, 1.807) is 7.11 Å². The van der Waals surface area contributed by atoms with E-state index in [9.17, 15) is 4.79 Å². The molecule has 1 aromatic carbocycles. The third-order valence-corrected chi connectivity index (χ3v) is 8.19. The Morgan fingerprint density at radius 3 is 2.67 bits per heavy atom. The van der Waals surface area contributed by atoms with Crippen LogP contribution in [0.2, 0.25) is 0 Å². The first-order chi connectivity index (χ1) is 17.6. The number of rotatable bonds is 8. The summed E-state index contributed by atoms with van der Waals surface area (Å²) in [6, 6.07) is 11.5. The highest BCUT2D eigenvalue weighted by molar-refractivity contribution is 5.94. The van der Waals surface area contributed by atoms with Crippen LogP contribution in [0.15, 0.2) is 36.7 Å². The topological polar surface area (TPSA) is 88.6 Å². The quantitative estimate of drug-likeness (QED) is 0.583. The van der Waals surface area contributed by atoms with Crippen molar-refractivity contribution in [2.75, 3.05) is 45.3 Å². The van der Waals surface area contributed by atoms with Gasteiger partial charge in [-0.25, -0.2) is 9.97 Å². The van der Waals surface area contributed by atoms with Gasteiger partial charge in [-0.2, -0.15) is 0 Å². The molecule has 2 aromatic rings. The van der Waals surface area contributed by atoms with E-state index in [1.807, 2.05) is 11.8 Å². The van der Waals surface area contributed by atoms with Crippen LogP contribution in [0.25, 0.3) is 0 Å². The van der Waals surface area contributed by atoms with Gasteiger partial charge in [-0.05, 0) is 56.4 Å². The summed E-state index contributed by atoms with van der Waals surface area (Å²) in [6.07, 6.45) is 6.81. The average molecular weight is 494 g/mol. The van der Waals surface area contributed by atoms with Crippen molar-refractivity contribution in [2.24, 2.45) is 5.92 Å². The predicted molar refractivity (Wildman–Crippen MR) is 139 cm³/mol. The smallest absolute Gasteiger partial charge is 0.272 e. The van der Waals surface area contributed by atoms with E-state index < -0.39 is 0 Å². The number of piperidine rings is 1. The summed E-state index contributed by atoms with van der Waals surface area (Å²) in [5.41, 5.74) is 2.79. The van der Waals surface area contributed by atoms with Crippen LogP contribution in [-0.4, -0.2) is 78.9 Å². The third kappa shape index (κ3) is 5.71. The molecular weight excluding hydrogens is 454 g/mol. The molecule has 8 nitrogen and oxygen atoms in total. The summed E-state index contributed by atoms with van der Waals surface area (Å²) in [6.45, 7) is 5.70. The molecule has 5 rings (SSSR count). The number of likely N-dealkylation sites (tertiary alicyclic amines) is 1. The van der Waals surface area contributed by atoms with Crippen molar-refractivity contribution >= 4 is 11.7 Å². The molecule has 0 unspecified atom stereocenters. The minimum absolute atomic E-state index is 0.00465. The number of aromatic nitrogens is 2. The van der Waals surface area contributed by atoms with Crippen molar-refractivity contribution < 1.29 is 14.3 Å². The highest BCUT2D eigenvalue weighted by Gasteiger charge is 2.32. The zero-order valence-electron chi connectivity index (χ0n) is 21.5. The minimum atomic E-state index is 0.00465. The average Bonchev–Trinajstić information content (AvgIpc) is 2.89. The van der Waals surface area contributed by atoms with Crippen LogP contribution < -0.4 is 10.6 Å². The molecule has 8 heteroatoms. The Kier molecular flexibility index (Phi) is 8.14. The van der Waals surface area contributed by atoms with Crippen LogP contribution in [0.1, 0.15) is 59.6 Å². The van der Waals surface area contributed by atoms with Gasteiger partial charge >= 0.3 is 0 Å². The molecule has 1 aromatic heterocycles. The molecule has 3 aliphatic rings. The predicted octanol–water partition coefficient (Wildman–Crippen LogP) is 3.39. The van der Waals surface area contributed by atoms with Crippen molar-refractivity contribution in [1.29, 1.82) is 0 Å². The Morgan fingerprint density at radius 2 is 1.92 bits per heavy atom. The lowest BCUT2D eigenvalue weighted by Crippen LogP contribution is -2.54. The first-order valence-corrected chi connectivity index (χ1v) is 13.4. The standard InChI is InChI=1S/C28H39N5O3/c1-19-26(28(34)33-11-8-23(9-12-33)32-24-10-13-36-17-25(24)35-2)30-18-31-27(19)29-16-20-14-22(15-20)21-6-4-3-5-7-21/h3-7,18,20,22-25,32H,8-17H2,1-2H3,(H,29,30,31)/t20?,22?,24-,25+/m0/s1. The SMILES string of the molecule is CO[C@@H]1COCC[C@@H]1NC1CCN(C(=O)c2ncnc(NCC3CC(c4ccccc4)C3)c2C)CC1. The number of nitrogens with one attached hydrogen (secondary N) is 2. The lowest BCUT2D eigenvalue weighted by Gasteiger charge is -2.38. The lowest BCUT2D eigenvalue weighted by atomic mass is 9.71. The van der Waals surface area contributed by atoms with E-state index in [2.05, 4.69) is 50.9 Å². The molecule has 0 bridgehead atoms. The Balaban J connectivity index is 1.11. The van der Waals surface area contributed by atoms with Crippen molar-refractivity contribution in [1.82, 2.24) is 20.2 Å². The first kappa shape index (κ1) is 25.1. The van der Waals surface area contributed by atoms with Crippen LogP contribution in [0.5, 0.6) is 0 Å². The molecule has 3 fully saturated rings. The van der Waals surface area contributed by atoms with Crippen LogP contribution in [-0.2, 0) is 9.47 Å². The highest BCUT2D eigenvalue weighted by atomic mass is 16.5. The van der Waals surface area contributed by atoms with E-state index >= 15 is 0 Å². The number of hydrogen-bond donors (Lipinski definition) is 2. The fraction of sp³-hybridized carbons (Fsp3) is 0.607. The number of methoxy groups -OCH3 is 1. The highest BCUT2D eigenvalue weighted by Crippen LogP contribution is 2.41. The molecule has 1 amide bonds. The zero-order chi connectivity index (χ0) is 24.9. The van der Waals surface area contributed by atoms with Gasteiger partial charge in [0.25, 0.3) is 5.91 Å². The van der Waals surface area contributed by atoms with E-state index in [0.717, 1.165) is 56.9 Å². The van der Waals surface area contributed by atoms with Crippen molar-refractivity contribution in [3.8, 4) is 0 Å². The van der Waals surface area contributed by atoms with Gasteiger partial charge in [0, 0.05) is 51.0 Å². The van der Waals surface area contributed by atoms with E-state index in [1.165, 1.54) is 24.7 Å². The molecular formula is C28H39N5O3. The number of amides is 1. The minimum Gasteiger partial charge on any atom is -0.379 e. The second-order valence-electron chi connectivity index (χ2n) is 10.5. The second kappa shape index (κ2) is 11.7. The molecule has 0 radical (unpaired) electrons. The molecule has 2 N–H and O–H groups in total. The number of anilines is 1. The molecule has 194 valence electrons. The Hall–Kier alpha value is -2.55. The van der Waals surface area contributed by atoms with Gasteiger partial charge in [0.05, 0.1) is 12.7 Å². The fourth-order valence-corrected chi connectivity index (χ4v) is 5.82. The Bertz CT molecular complexity index is 1010. The monoisotopic (exact) mass is 493 g/mol. The summed E-state index contributed by atoms with van der Waals surface area (Å²) in [5.74, 6) is 2.07. The largest absolute Gasteiger partial charge is 0.379 e. The van der Waals surface area contributed by atoms with Crippen molar-refractivity contribution in [2.45, 2.75) is 63.1 Å². The molecule has 36 heavy (non-hydrogen) atoms. The molecule has 1 saturated carbocycles. The maximum atomic E-state index is 13.3. The Morgan fingerprint density at radius 1 is 1.14 bits per heavy atom. The van der Waals surface area contributed by atoms with Crippen LogP contribution in [0.3, 0.4) is 0 Å². The normalized spacial score (nSPS) is 26.9. The van der Waals surface area contributed by atoms with Gasteiger partial charge in [0.1, 0.15) is 17.8 Å². The van der Waals surface area contributed by atoms with Gasteiger partial charge in [0.15, 0.2) is 0 Å². The van der Waals surface area contributed by atoms with Gasteiger partial charge in [-0.3, -0.25) is 4.79 Å². The summed E-state index contributed by atoms with van der Waals surface area (Å²) in [4.78, 5) is 24.1. The molecule has 0 spiro atoms. The fourth-order valence-electron chi connectivity index (χ4n) is 5.82. The summed E-state index contributed by atoms with van der Waals surface area (Å²) in [7, 11) is 1.75. The summed E-state index contributed by atoms with van der Waals surface area (Å²) >= 11 is 0. The Labute approximate surface area is 214 Å². The van der Waals surface area contributed by atoms with E-state index in [4.69, 9.17) is 9.47 Å².